The van der Waals surface area contributed by atoms with Gasteiger partial charge >= 0.3 is 5.97 Å². The SMILES string of the molecule is COC(=O)c1cc(C(=C2C=CC(=[NH+]c3c(C)cc(C)cc3C)C(C)=C2)c2ccc(S(=O)(=O)O)cc2S(=O)(=O)O)ccc1Nc1c(C)cc(C)cc1C. The highest BCUT2D eigenvalue weighted by Gasteiger charge is 2.27. The van der Waals surface area contributed by atoms with Crippen molar-refractivity contribution in [3.63, 3.8) is 0 Å². The number of hydrogen-bond acceptors (Lipinski definition) is 7. The summed E-state index contributed by atoms with van der Waals surface area (Å²) in [7, 11) is -8.64. The van der Waals surface area contributed by atoms with Crippen LogP contribution in [-0.2, 0) is 25.0 Å². The third kappa shape index (κ3) is 8.00. The van der Waals surface area contributed by atoms with E-state index in [0.29, 0.717) is 22.9 Å². The monoisotopic (exact) mass is 741 g/mol. The zero-order valence-electron chi connectivity index (χ0n) is 30.2. The first-order valence-electron chi connectivity index (χ1n) is 16.3. The minimum absolute atomic E-state index is 0.0676. The fourth-order valence-electron chi connectivity index (χ4n) is 6.63. The Morgan fingerprint density at radius 2 is 1.31 bits per heavy atom. The lowest BCUT2D eigenvalue weighted by Crippen LogP contribution is -2.67. The van der Waals surface area contributed by atoms with Crippen molar-refractivity contribution in [1.29, 1.82) is 0 Å². The van der Waals surface area contributed by atoms with E-state index in [-0.39, 0.29) is 16.7 Å². The smallest absolute Gasteiger partial charge is 0.339 e. The average molecular weight is 742 g/mol. The molecule has 4 aromatic carbocycles. The maximum absolute atomic E-state index is 13.3. The van der Waals surface area contributed by atoms with Crippen LogP contribution in [-0.4, -0.2) is 44.7 Å². The van der Waals surface area contributed by atoms with Crippen LogP contribution in [0.4, 0.5) is 17.1 Å². The van der Waals surface area contributed by atoms with E-state index in [4.69, 9.17) is 4.74 Å². The van der Waals surface area contributed by atoms with Crippen LogP contribution in [0.5, 0.6) is 0 Å². The molecule has 12 heteroatoms. The molecule has 5 rings (SSSR count). The number of anilines is 2. The largest absolute Gasteiger partial charge is 0.465 e. The number of rotatable bonds is 8. The lowest BCUT2D eigenvalue weighted by Gasteiger charge is -2.20. The van der Waals surface area contributed by atoms with E-state index in [9.17, 15) is 30.7 Å². The Labute approximate surface area is 304 Å². The Morgan fingerprint density at radius 1 is 0.712 bits per heavy atom. The zero-order chi connectivity index (χ0) is 38.3. The van der Waals surface area contributed by atoms with Gasteiger partial charge in [-0.2, -0.15) is 16.8 Å². The number of esters is 1. The second kappa shape index (κ2) is 14.5. The number of carbonyl (C=O) groups is 1. The van der Waals surface area contributed by atoms with E-state index in [1.54, 1.807) is 24.3 Å². The number of hydrogen-bond donors (Lipinski definition) is 4. The van der Waals surface area contributed by atoms with Crippen LogP contribution >= 0.6 is 0 Å². The normalized spacial score (nSPS) is 15.0. The molecule has 0 saturated heterocycles. The second-order valence-electron chi connectivity index (χ2n) is 13.1. The molecule has 0 fully saturated rings. The molecular weight excluding hydrogens is 701 g/mol. The molecule has 10 nitrogen and oxygen atoms in total. The molecule has 0 radical (unpaired) electrons. The van der Waals surface area contributed by atoms with Gasteiger partial charge in [-0.25, -0.2) is 9.79 Å². The number of benzene rings is 4. The summed E-state index contributed by atoms with van der Waals surface area (Å²) in [5, 5.41) is 3.36. The molecule has 4 N–H and O–H groups in total. The van der Waals surface area contributed by atoms with Gasteiger partial charge in [-0.1, -0.05) is 35.4 Å². The summed E-state index contributed by atoms with van der Waals surface area (Å²) >= 11 is 0. The van der Waals surface area contributed by atoms with Crippen molar-refractivity contribution < 1.29 is 40.5 Å². The predicted molar refractivity (Wildman–Crippen MR) is 203 cm³/mol. The van der Waals surface area contributed by atoms with Gasteiger partial charge in [-0.05, 0) is 125 Å². The molecule has 0 saturated carbocycles. The summed E-state index contributed by atoms with van der Waals surface area (Å²) in [5.41, 5.74) is 11.2. The van der Waals surface area contributed by atoms with Crippen LogP contribution in [0.2, 0.25) is 0 Å². The fourth-order valence-corrected chi connectivity index (χ4v) is 7.94. The van der Waals surface area contributed by atoms with E-state index in [1.807, 2.05) is 72.8 Å². The number of aryl methyl sites for hydroxylation is 6. The average Bonchev–Trinajstić information content (AvgIpc) is 3.04. The van der Waals surface area contributed by atoms with E-state index >= 15 is 0 Å². The second-order valence-corrected chi connectivity index (χ2v) is 15.9. The van der Waals surface area contributed by atoms with E-state index in [2.05, 4.69) is 22.4 Å². The van der Waals surface area contributed by atoms with Crippen molar-refractivity contribution in [1.82, 2.24) is 0 Å². The van der Waals surface area contributed by atoms with Crippen molar-refractivity contribution in [2.24, 2.45) is 0 Å². The molecule has 1 aliphatic rings. The molecule has 0 aliphatic heterocycles. The first kappa shape index (κ1) is 38.1. The van der Waals surface area contributed by atoms with Gasteiger partial charge < -0.3 is 10.1 Å². The lowest BCUT2D eigenvalue weighted by atomic mass is 9.88. The summed E-state index contributed by atoms with van der Waals surface area (Å²) in [6, 6.07) is 16.1. The Balaban J connectivity index is 1.79. The molecule has 0 amide bonds. The van der Waals surface area contributed by atoms with Crippen LogP contribution in [0, 0.1) is 41.5 Å². The molecular formula is C40H41N2O8S2+. The maximum atomic E-state index is 13.3. The number of allylic oxidation sites excluding steroid dienone is 5. The highest BCUT2D eigenvalue weighted by molar-refractivity contribution is 7.86. The number of carbonyl (C=O) groups excluding carboxylic acids is 1. The quantitative estimate of drug-likeness (QED) is 0.113. The summed E-state index contributed by atoms with van der Waals surface area (Å²) in [5.74, 6) is -0.664. The van der Waals surface area contributed by atoms with Gasteiger partial charge in [0.15, 0.2) is 0 Å². The van der Waals surface area contributed by atoms with Gasteiger partial charge in [0, 0.05) is 34.0 Å². The molecule has 0 atom stereocenters. The predicted octanol–water partition coefficient (Wildman–Crippen LogP) is 6.73. The van der Waals surface area contributed by atoms with Crippen LogP contribution in [0.1, 0.15) is 61.8 Å². The van der Waals surface area contributed by atoms with Gasteiger partial charge in [-0.3, -0.25) is 9.11 Å². The zero-order valence-corrected chi connectivity index (χ0v) is 31.8. The Hall–Kier alpha value is -5.14. The van der Waals surface area contributed by atoms with Crippen LogP contribution < -0.4 is 10.3 Å². The third-order valence-corrected chi connectivity index (χ3v) is 10.6. The molecule has 0 bridgehead atoms. The number of methoxy groups -OCH3 is 1. The van der Waals surface area contributed by atoms with Crippen molar-refractivity contribution in [2.45, 2.75) is 58.3 Å². The van der Waals surface area contributed by atoms with Gasteiger partial charge in [-0.15, -0.1) is 0 Å². The van der Waals surface area contributed by atoms with Gasteiger partial charge in [0.05, 0.1) is 23.3 Å². The molecule has 270 valence electrons. The van der Waals surface area contributed by atoms with Gasteiger partial charge in [0.2, 0.25) is 11.4 Å². The highest BCUT2D eigenvalue weighted by atomic mass is 32.2. The Kier molecular flexibility index (Phi) is 10.6. The lowest BCUT2D eigenvalue weighted by molar-refractivity contribution is -0.353. The number of nitrogens with one attached hydrogen (secondary N) is 2. The minimum atomic E-state index is -5.06. The highest BCUT2D eigenvalue weighted by Crippen LogP contribution is 2.38. The number of ether oxygens (including phenoxy) is 1. The summed E-state index contributed by atoms with van der Waals surface area (Å²) in [4.78, 5) is 15.3. The van der Waals surface area contributed by atoms with Crippen molar-refractivity contribution in [3.05, 3.63) is 140 Å². The molecule has 0 aromatic heterocycles. The summed E-state index contributed by atoms with van der Waals surface area (Å²) in [6.45, 7) is 13.9. The summed E-state index contributed by atoms with van der Waals surface area (Å²) < 4.78 is 75.1. The standard InChI is InChI=1S/C40H40N2O8S2/c1-22-15-25(4)38(26(5)16-22)41-34-13-9-29(19-24(34)3)37(32-12-11-31(51(44,45)46)21-36(32)52(47,48)49)30-10-14-35(33(20-30)40(43)50-8)42-39-27(6)17-23(2)18-28(39)7/h9-21,42H,1-8H3,(H,44,45,46)(H,47,48,49)/p+1. The molecule has 1 aliphatic carbocycles. The molecule has 0 spiro atoms. The molecule has 52 heavy (non-hydrogen) atoms. The third-order valence-electron chi connectivity index (χ3n) is 8.90. The minimum Gasteiger partial charge on any atom is -0.465 e. The topological polar surface area (TPSA) is 161 Å². The fraction of sp³-hybridized carbons (Fsp3) is 0.200. The van der Waals surface area contributed by atoms with Crippen molar-refractivity contribution in [2.75, 3.05) is 12.4 Å². The Morgan fingerprint density at radius 3 is 1.85 bits per heavy atom. The molecule has 4 aromatic rings. The van der Waals surface area contributed by atoms with Crippen molar-refractivity contribution >= 4 is 54.6 Å². The molecule has 0 unspecified atom stereocenters. The van der Waals surface area contributed by atoms with Gasteiger partial charge in [0.1, 0.15) is 4.90 Å². The van der Waals surface area contributed by atoms with Crippen LogP contribution in [0.15, 0.2) is 99.8 Å². The van der Waals surface area contributed by atoms with Gasteiger partial charge in [0.25, 0.3) is 20.2 Å². The van der Waals surface area contributed by atoms with Crippen LogP contribution in [0.3, 0.4) is 0 Å². The molecule has 0 heterocycles. The first-order valence-corrected chi connectivity index (χ1v) is 19.2. The van der Waals surface area contributed by atoms with E-state index in [1.165, 1.54) is 13.2 Å². The van der Waals surface area contributed by atoms with Crippen molar-refractivity contribution in [3.8, 4) is 0 Å². The van der Waals surface area contributed by atoms with Crippen LogP contribution in [0.25, 0.3) is 5.57 Å². The maximum Gasteiger partial charge on any atom is 0.339 e. The van der Waals surface area contributed by atoms with E-state index in [0.717, 1.165) is 62.1 Å². The van der Waals surface area contributed by atoms with E-state index < -0.39 is 36.0 Å². The summed E-state index contributed by atoms with van der Waals surface area (Å²) in [6.07, 6.45) is 5.42. The Bertz CT molecular complexity index is 2460. The first-order chi connectivity index (χ1) is 24.3.